The van der Waals surface area contributed by atoms with Gasteiger partial charge in [-0.15, -0.1) is 0 Å². The van der Waals surface area contributed by atoms with E-state index in [-0.39, 0.29) is 12.8 Å². The minimum absolute atomic E-state index is 0.0905. The molecule has 1 aromatic carbocycles. The van der Waals surface area contributed by atoms with Gasteiger partial charge in [0.1, 0.15) is 18.1 Å². The third kappa shape index (κ3) is 9.67. The maximum absolute atomic E-state index is 13.1. The van der Waals surface area contributed by atoms with Crippen molar-refractivity contribution >= 4 is 35.5 Å². The highest BCUT2D eigenvalue weighted by Crippen LogP contribution is 2.07. The Kier molecular flexibility index (Phi) is 12.6. The monoisotopic (exact) mass is 498 g/mol. The lowest BCUT2D eigenvalue weighted by Crippen LogP contribution is -2.59. The number of carbonyl (C=O) groups is 4. The molecule has 1 aromatic rings. The molecule has 1 rings (SSSR count). The summed E-state index contributed by atoms with van der Waals surface area (Å²) in [5, 5.41) is 35.8. The molecular formula is C22H34N4O7S. The average Bonchev–Trinajstić information content (AvgIpc) is 2.78. The van der Waals surface area contributed by atoms with E-state index in [1.807, 2.05) is 6.26 Å². The number of thioether (sulfide) groups is 1. The van der Waals surface area contributed by atoms with Crippen LogP contribution in [-0.4, -0.2) is 87.4 Å². The molecule has 3 amide bonds. The molecule has 6 atom stereocenters. The van der Waals surface area contributed by atoms with Crippen LogP contribution in [0.4, 0.5) is 0 Å². The number of hydrogen-bond acceptors (Lipinski definition) is 8. The highest BCUT2D eigenvalue weighted by molar-refractivity contribution is 7.98. The van der Waals surface area contributed by atoms with Crippen molar-refractivity contribution in [3.8, 4) is 0 Å². The van der Waals surface area contributed by atoms with E-state index in [4.69, 9.17) is 5.73 Å². The molecule has 190 valence electrons. The molecule has 0 radical (unpaired) electrons. The first-order valence-electron chi connectivity index (χ1n) is 10.8. The summed E-state index contributed by atoms with van der Waals surface area (Å²) in [6, 6.07) is 3.82. The number of carbonyl (C=O) groups excluding carboxylic acids is 3. The highest BCUT2D eigenvalue weighted by Gasteiger charge is 2.32. The minimum atomic E-state index is -1.55. The molecule has 0 aliphatic heterocycles. The van der Waals surface area contributed by atoms with Gasteiger partial charge in [0.25, 0.3) is 0 Å². The Morgan fingerprint density at radius 1 is 0.912 bits per heavy atom. The Hall–Kier alpha value is -2.67. The quantitative estimate of drug-likeness (QED) is 0.162. The Bertz CT molecular complexity index is 823. The van der Waals surface area contributed by atoms with Crippen molar-refractivity contribution in [2.75, 3.05) is 12.0 Å². The lowest BCUT2D eigenvalue weighted by Gasteiger charge is -2.26. The molecular weight excluding hydrogens is 464 g/mol. The maximum atomic E-state index is 13.1. The summed E-state index contributed by atoms with van der Waals surface area (Å²) in [7, 11) is 0. The van der Waals surface area contributed by atoms with Gasteiger partial charge in [0.15, 0.2) is 6.04 Å². The summed E-state index contributed by atoms with van der Waals surface area (Å²) < 4.78 is 0. The first-order chi connectivity index (χ1) is 16.0. The number of rotatable bonds is 14. The number of amides is 3. The van der Waals surface area contributed by atoms with Crippen LogP contribution in [0.25, 0.3) is 0 Å². The average molecular weight is 499 g/mol. The van der Waals surface area contributed by atoms with E-state index in [1.54, 1.807) is 30.3 Å². The van der Waals surface area contributed by atoms with E-state index in [2.05, 4.69) is 16.0 Å². The van der Waals surface area contributed by atoms with Crippen molar-refractivity contribution in [1.82, 2.24) is 16.0 Å². The molecule has 0 bridgehead atoms. The van der Waals surface area contributed by atoms with E-state index < -0.39 is 60.1 Å². The van der Waals surface area contributed by atoms with Crippen LogP contribution in [0.1, 0.15) is 25.8 Å². The van der Waals surface area contributed by atoms with E-state index in [9.17, 15) is 34.5 Å². The van der Waals surface area contributed by atoms with Gasteiger partial charge in [0, 0.05) is 6.42 Å². The van der Waals surface area contributed by atoms with Crippen molar-refractivity contribution in [1.29, 1.82) is 0 Å². The van der Waals surface area contributed by atoms with Gasteiger partial charge in [-0.05, 0) is 37.8 Å². The number of benzene rings is 1. The molecule has 0 saturated heterocycles. The molecule has 0 aliphatic carbocycles. The number of hydrogen-bond donors (Lipinski definition) is 7. The van der Waals surface area contributed by atoms with Gasteiger partial charge in [-0.25, -0.2) is 4.79 Å². The zero-order valence-electron chi connectivity index (χ0n) is 19.4. The number of aliphatic hydroxyl groups excluding tert-OH is 2. The third-order valence-electron chi connectivity index (χ3n) is 5.03. The molecule has 34 heavy (non-hydrogen) atoms. The largest absolute Gasteiger partial charge is 0.480 e. The summed E-state index contributed by atoms with van der Waals surface area (Å²) in [4.78, 5) is 49.6. The second kappa shape index (κ2) is 14.6. The second-order valence-electron chi connectivity index (χ2n) is 7.93. The van der Waals surface area contributed by atoms with Gasteiger partial charge in [-0.1, -0.05) is 30.3 Å². The molecule has 0 aromatic heterocycles. The van der Waals surface area contributed by atoms with Crippen LogP contribution in [0, 0.1) is 0 Å². The smallest absolute Gasteiger partial charge is 0.328 e. The van der Waals surface area contributed by atoms with Gasteiger partial charge < -0.3 is 37.0 Å². The number of nitrogens with one attached hydrogen (secondary N) is 3. The number of carboxylic acid groups (broad SMARTS) is 1. The first kappa shape index (κ1) is 29.4. The standard InChI is InChI=1S/C22H34N4O7S/c1-12(27)17(23)21(31)25-16(11-14-7-5-4-6-8-14)20(30)24-15(9-10-34-3)19(29)26-18(13(2)28)22(32)33/h4-8,12-13,15-18,27-28H,9-11,23H2,1-3H3,(H,24,30)(H,25,31)(H,26,29)(H,32,33). The normalized spacial score (nSPS) is 16.3. The molecule has 0 spiro atoms. The molecule has 12 heteroatoms. The van der Waals surface area contributed by atoms with Crippen LogP contribution < -0.4 is 21.7 Å². The van der Waals surface area contributed by atoms with Crippen LogP contribution in [0.15, 0.2) is 30.3 Å². The van der Waals surface area contributed by atoms with Crippen LogP contribution in [-0.2, 0) is 25.6 Å². The molecule has 0 saturated carbocycles. The molecule has 0 fully saturated rings. The van der Waals surface area contributed by atoms with Crippen molar-refractivity contribution in [2.45, 2.75) is 63.1 Å². The van der Waals surface area contributed by atoms with E-state index in [1.165, 1.54) is 25.6 Å². The van der Waals surface area contributed by atoms with Crippen LogP contribution in [0.5, 0.6) is 0 Å². The van der Waals surface area contributed by atoms with Crippen LogP contribution >= 0.6 is 11.8 Å². The Morgan fingerprint density at radius 2 is 1.47 bits per heavy atom. The fraction of sp³-hybridized carbons (Fsp3) is 0.545. The van der Waals surface area contributed by atoms with E-state index in [0.29, 0.717) is 5.75 Å². The van der Waals surface area contributed by atoms with Gasteiger partial charge in [0.05, 0.1) is 12.2 Å². The SMILES string of the molecule is CSCCC(NC(=O)C(Cc1ccccc1)NC(=O)C(N)C(C)O)C(=O)NC(C(=O)O)C(C)O. The van der Waals surface area contributed by atoms with Crippen molar-refractivity contribution < 1.29 is 34.5 Å². The number of nitrogens with two attached hydrogens (primary N) is 1. The van der Waals surface area contributed by atoms with E-state index in [0.717, 1.165) is 5.56 Å². The molecule has 11 nitrogen and oxygen atoms in total. The number of aliphatic carboxylic acids is 1. The van der Waals surface area contributed by atoms with E-state index >= 15 is 0 Å². The third-order valence-corrected chi connectivity index (χ3v) is 5.67. The fourth-order valence-electron chi connectivity index (χ4n) is 2.97. The minimum Gasteiger partial charge on any atom is -0.480 e. The van der Waals surface area contributed by atoms with Gasteiger partial charge in [0.2, 0.25) is 17.7 Å². The van der Waals surface area contributed by atoms with Crippen molar-refractivity contribution in [2.24, 2.45) is 5.73 Å². The highest BCUT2D eigenvalue weighted by atomic mass is 32.2. The Labute approximate surface area is 202 Å². The Morgan fingerprint density at radius 3 is 1.97 bits per heavy atom. The van der Waals surface area contributed by atoms with Crippen LogP contribution in [0.2, 0.25) is 0 Å². The first-order valence-corrected chi connectivity index (χ1v) is 12.2. The van der Waals surface area contributed by atoms with Crippen LogP contribution in [0.3, 0.4) is 0 Å². The summed E-state index contributed by atoms with van der Waals surface area (Å²) in [6.07, 6.45) is -0.417. The predicted molar refractivity (Wildman–Crippen MR) is 128 cm³/mol. The zero-order chi connectivity index (χ0) is 25.8. The Balaban J connectivity index is 3.08. The molecule has 6 unspecified atom stereocenters. The van der Waals surface area contributed by atoms with Gasteiger partial charge in [-0.3, -0.25) is 14.4 Å². The number of carboxylic acids is 1. The van der Waals surface area contributed by atoms with Gasteiger partial charge in [-0.2, -0.15) is 11.8 Å². The molecule has 0 aliphatic rings. The summed E-state index contributed by atoms with van der Waals surface area (Å²) >= 11 is 1.42. The maximum Gasteiger partial charge on any atom is 0.328 e. The summed E-state index contributed by atoms with van der Waals surface area (Å²) in [5.74, 6) is -3.13. The summed E-state index contributed by atoms with van der Waals surface area (Å²) in [6.45, 7) is 2.58. The molecule has 8 N–H and O–H groups in total. The summed E-state index contributed by atoms with van der Waals surface area (Å²) in [5.41, 5.74) is 6.42. The van der Waals surface area contributed by atoms with Crippen molar-refractivity contribution in [3.63, 3.8) is 0 Å². The topological polar surface area (TPSA) is 191 Å². The fourth-order valence-corrected chi connectivity index (χ4v) is 3.44. The predicted octanol–water partition coefficient (Wildman–Crippen LogP) is -1.39. The second-order valence-corrected chi connectivity index (χ2v) is 8.91. The molecule has 0 heterocycles. The van der Waals surface area contributed by atoms with Gasteiger partial charge >= 0.3 is 5.97 Å². The zero-order valence-corrected chi connectivity index (χ0v) is 20.2. The number of aliphatic hydroxyl groups is 2. The van der Waals surface area contributed by atoms with Crippen molar-refractivity contribution in [3.05, 3.63) is 35.9 Å². The lowest BCUT2D eigenvalue weighted by atomic mass is 10.0. The lowest BCUT2D eigenvalue weighted by molar-refractivity contribution is -0.145.